The molecule has 0 bridgehead atoms. The topological polar surface area (TPSA) is 23.6 Å². The average Bonchev–Trinajstić information content (AvgIpc) is 2.40. The number of rotatable bonds is 4. The Morgan fingerprint density at radius 3 is 2.55 bits per heavy atom. The molecule has 0 amide bonds. The molecule has 110 valence electrons. The van der Waals surface area contributed by atoms with E-state index in [2.05, 4.69) is 18.9 Å². The quantitative estimate of drug-likeness (QED) is 0.791. The minimum Gasteiger partial charge on any atom is -0.301 e. The molecule has 1 heterocycles. The summed E-state index contributed by atoms with van der Waals surface area (Å²) in [5.41, 5.74) is -0.417. The molecule has 0 saturated carbocycles. The van der Waals surface area contributed by atoms with Gasteiger partial charge in [0.1, 0.15) is 11.6 Å². The summed E-state index contributed by atoms with van der Waals surface area (Å²) in [6.07, 6.45) is 0.995. The van der Waals surface area contributed by atoms with Crippen LogP contribution in [0.1, 0.15) is 23.7 Å². The van der Waals surface area contributed by atoms with Crippen molar-refractivity contribution in [2.24, 2.45) is 0 Å². The SMILES string of the molecule is CCC1CN(CC(=O)c2c(F)cccc2F)CCN1C. The molecule has 20 heavy (non-hydrogen) atoms. The molecule has 3 nitrogen and oxygen atoms in total. The van der Waals surface area contributed by atoms with Crippen molar-refractivity contribution in [3.8, 4) is 0 Å². The number of likely N-dealkylation sites (N-methyl/N-ethyl adjacent to an activating group) is 1. The van der Waals surface area contributed by atoms with Crippen molar-refractivity contribution in [2.75, 3.05) is 33.2 Å². The summed E-state index contributed by atoms with van der Waals surface area (Å²) in [6, 6.07) is 3.90. The fraction of sp³-hybridized carbons (Fsp3) is 0.533. The number of hydrogen-bond acceptors (Lipinski definition) is 3. The van der Waals surface area contributed by atoms with Crippen LogP contribution in [0.4, 0.5) is 8.78 Å². The Kier molecular flexibility index (Phi) is 4.83. The third kappa shape index (κ3) is 3.22. The largest absolute Gasteiger partial charge is 0.301 e. The van der Waals surface area contributed by atoms with Gasteiger partial charge in [-0.05, 0) is 25.6 Å². The zero-order chi connectivity index (χ0) is 14.7. The number of halogens is 2. The standard InChI is InChI=1S/C15H20F2N2O/c1-3-11-9-19(8-7-18(11)2)10-14(20)15-12(16)5-4-6-13(15)17/h4-6,11H,3,7-10H2,1-2H3. The molecule has 1 fully saturated rings. The van der Waals surface area contributed by atoms with Crippen molar-refractivity contribution in [2.45, 2.75) is 19.4 Å². The van der Waals surface area contributed by atoms with Crippen molar-refractivity contribution >= 4 is 5.78 Å². The van der Waals surface area contributed by atoms with Gasteiger partial charge in [-0.15, -0.1) is 0 Å². The van der Waals surface area contributed by atoms with Gasteiger partial charge in [-0.3, -0.25) is 9.69 Å². The van der Waals surface area contributed by atoms with Crippen LogP contribution in [0.25, 0.3) is 0 Å². The maximum Gasteiger partial charge on any atom is 0.182 e. The highest BCUT2D eigenvalue weighted by atomic mass is 19.1. The van der Waals surface area contributed by atoms with Gasteiger partial charge in [0.05, 0.1) is 12.1 Å². The van der Waals surface area contributed by atoms with Gasteiger partial charge in [0.2, 0.25) is 0 Å². The fourth-order valence-electron chi connectivity index (χ4n) is 2.64. The lowest BCUT2D eigenvalue weighted by Gasteiger charge is -2.38. The van der Waals surface area contributed by atoms with Crippen molar-refractivity contribution in [3.63, 3.8) is 0 Å². The highest BCUT2D eigenvalue weighted by Crippen LogP contribution is 2.15. The van der Waals surface area contributed by atoms with Gasteiger partial charge in [0.15, 0.2) is 5.78 Å². The Morgan fingerprint density at radius 2 is 1.95 bits per heavy atom. The number of carbonyl (C=O) groups excluding carboxylic acids is 1. The smallest absolute Gasteiger partial charge is 0.182 e. The summed E-state index contributed by atoms with van der Waals surface area (Å²) >= 11 is 0. The first-order chi connectivity index (χ1) is 9.52. The molecule has 1 unspecified atom stereocenters. The first-order valence-corrected chi connectivity index (χ1v) is 6.92. The second-order valence-corrected chi connectivity index (χ2v) is 5.30. The number of Topliss-reactive ketones (excluding diaryl/α,β-unsaturated/α-hetero) is 1. The van der Waals surface area contributed by atoms with E-state index in [1.165, 1.54) is 6.07 Å². The minimum atomic E-state index is -0.781. The molecule has 1 aliphatic heterocycles. The second kappa shape index (κ2) is 6.41. The number of piperazine rings is 1. The molecule has 5 heteroatoms. The van der Waals surface area contributed by atoms with Crippen LogP contribution in [-0.4, -0.2) is 54.9 Å². The molecule has 1 saturated heterocycles. The monoisotopic (exact) mass is 282 g/mol. The lowest BCUT2D eigenvalue weighted by Crippen LogP contribution is -2.52. The van der Waals surface area contributed by atoms with E-state index in [-0.39, 0.29) is 6.54 Å². The van der Waals surface area contributed by atoms with E-state index in [1.54, 1.807) is 0 Å². The van der Waals surface area contributed by atoms with Crippen molar-refractivity contribution in [1.29, 1.82) is 0 Å². The van der Waals surface area contributed by atoms with Crippen LogP contribution in [0.15, 0.2) is 18.2 Å². The van der Waals surface area contributed by atoms with Crippen LogP contribution in [-0.2, 0) is 0 Å². The summed E-state index contributed by atoms with van der Waals surface area (Å²) < 4.78 is 27.1. The normalized spacial score (nSPS) is 21.1. The third-order valence-electron chi connectivity index (χ3n) is 3.94. The zero-order valence-corrected chi connectivity index (χ0v) is 11.9. The van der Waals surface area contributed by atoms with E-state index < -0.39 is 23.0 Å². The predicted octanol–water partition coefficient (Wildman–Crippen LogP) is 2.17. The summed E-state index contributed by atoms with van der Waals surface area (Å²) in [6.45, 7) is 4.54. The fourth-order valence-corrected chi connectivity index (χ4v) is 2.64. The highest BCUT2D eigenvalue weighted by molar-refractivity contribution is 5.98. The number of benzene rings is 1. The summed E-state index contributed by atoms with van der Waals surface area (Å²) in [4.78, 5) is 16.3. The maximum absolute atomic E-state index is 13.6. The van der Waals surface area contributed by atoms with Crippen LogP contribution in [0.2, 0.25) is 0 Å². The number of nitrogens with zero attached hydrogens (tertiary/aromatic N) is 2. The van der Waals surface area contributed by atoms with Gasteiger partial charge < -0.3 is 4.90 Å². The Labute approximate surface area is 118 Å². The number of carbonyl (C=O) groups is 1. The third-order valence-corrected chi connectivity index (χ3v) is 3.94. The van der Waals surface area contributed by atoms with Gasteiger partial charge in [-0.25, -0.2) is 8.78 Å². The van der Waals surface area contributed by atoms with Crippen molar-refractivity contribution in [3.05, 3.63) is 35.4 Å². The molecule has 0 N–H and O–H groups in total. The molecule has 0 aromatic heterocycles. The van der Waals surface area contributed by atoms with E-state index in [4.69, 9.17) is 0 Å². The summed E-state index contributed by atoms with van der Waals surface area (Å²) in [5, 5.41) is 0. The van der Waals surface area contributed by atoms with Gasteiger partial charge >= 0.3 is 0 Å². The van der Waals surface area contributed by atoms with Gasteiger partial charge in [0.25, 0.3) is 0 Å². The molecule has 0 aliphatic carbocycles. The summed E-state index contributed by atoms with van der Waals surface area (Å²) in [5.74, 6) is -2.05. The second-order valence-electron chi connectivity index (χ2n) is 5.30. The van der Waals surface area contributed by atoms with Crippen molar-refractivity contribution in [1.82, 2.24) is 9.80 Å². The highest BCUT2D eigenvalue weighted by Gasteiger charge is 2.26. The Hall–Kier alpha value is -1.33. The first kappa shape index (κ1) is 15.1. The molecule has 1 aliphatic rings. The van der Waals surface area contributed by atoms with E-state index in [9.17, 15) is 13.6 Å². The van der Waals surface area contributed by atoms with Crippen LogP contribution < -0.4 is 0 Å². The lowest BCUT2D eigenvalue weighted by atomic mass is 10.1. The number of hydrogen-bond donors (Lipinski definition) is 0. The van der Waals surface area contributed by atoms with Crippen LogP contribution in [0.3, 0.4) is 0 Å². The van der Waals surface area contributed by atoms with Crippen molar-refractivity contribution < 1.29 is 13.6 Å². The van der Waals surface area contributed by atoms with E-state index >= 15 is 0 Å². The average molecular weight is 282 g/mol. The number of ketones is 1. The van der Waals surface area contributed by atoms with Crippen LogP contribution >= 0.6 is 0 Å². The maximum atomic E-state index is 13.6. The minimum absolute atomic E-state index is 0.0716. The lowest BCUT2D eigenvalue weighted by molar-refractivity contribution is 0.0737. The summed E-state index contributed by atoms with van der Waals surface area (Å²) in [7, 11) is 2.06. The van der Waals surface area contributed by atoms with Crippen LogP contribution in [0, 0.1) is 11.6 Å². The van der Waals surface area contributed by atoms with Crippen LogP contribution in [0.5, 0.6) is 0 Å². The van der Waals surface area contributed by atoms with Gasteiger partial charge in [-0.1, -0.05) is 13.0 Å². The van der Waals surface area contributed by atoms with Gasteiger partial charge in [-0.2, -0.15) is 0 Å². The Morgan fingerprint density at radius 1 is 1.30 bits per heavy atom. The molecule has 0 spiro atoms. The Balaban J connectivity index is 2.05. The zero-order valence-electron chi connectivity index (χ0n) is 11.9. The Bertz CT molecular complexity index is 473. The molecule has 1 atom stereocenters. The van der Waals surface area contributed by atoms with E-state index in [0.29, 0.717) is 6.04 Å². The first-order valence-electron chi connectivity index (χ1n) is 6.92. The molecule has 2 rings (SSSR count). The molecule has 0 radical (unpaired) electrons. The van der Waals surface area contributed by atoms with E-state index in [1.807, 2.05) is 4.90 Å². The molecular weight excluding hydrogens is 262 g/mol. The van der Waals surface area contributed by atoms with E-state index in [0.717, 1.165) is 38.2 Å². The predicted molar refractivity (Wildman–Crippen MR) is 73.8 cm³/mol. The van der Waals surface area contributed by atoms with Gasteiger partial charge in [0, 0.05) is 25.7 Å². The molecule has 1 aromatic carbocycles. The molecular formula is C15H20F2N2O. The molecule has 1 aromatic rings.